The molecule has 0 aliphatic carbocycles. The quantitative estimate of drug-likeness (QED) is 0.784. The summed E-state index contributed by atoms with van der Waals surface area (Å²) in [6.45, 7) is 4.00. The molecule has 1 atom stereocenters. The van der Waals surface area contributed by atoms with Gasteiger partial charge in [0.15, 0.2) is 5.78 Å². The van der Waals surface area contributed by atoms with Gasteiger partial charge in [0.05, 0.1) is 5.75 Å². The van der Waals surface area contributed by atoms with Crippen LogP contribution in [0.5, 0.6) is 0 Å². The van der Waals surface area contributed by atoms with Gasteiger partial charge in [-0.25, -0.2) is 0 Å². The number of halogens is 1. The van der Waals surface area contributed by atoms with Crippen LogP contribution in [0.4, 0.5) is 0 Å². The standard InChI is InChI=1S/C12H15BrO2S/c1-9(2)7-16(15)8-12(14)10-3-5-11(13)6-4-10/h3-6,9H,7-8H2,1-2H3. The Bertz CT molecular complexity index is 385. The maximum absolute atomic E-state index is 11.7. The van der Waals surface area contributed by atoms with Crippen LogP contribution in [0.1, 0.15) is 24.2 Å². The molecule has 4 heteroatoms. The van der Waals surface area contributed by atoms with Gasteiger partial charge in [-0.2, -0.15) is 0 Å². The van der Waals surface area contributed by atoms with Crippen molar-refractivity contribution < 1.29 is 9.00 Å². The minimum absolute atomic E-state index is 0.0496. The molecule has 0 fully saturated rings. The molecule has 0 aliphatic heterocycles. The van der Waals surface area contributed by atoms with Crippen LogP contribution in [0, 0.1) is 5.92 Å². The Labute approximate surface area is 107 Å². The van der Waals surface area contributed by atoms with E-state index in [4.69, 9.17) is 0 Å². The molecule has 0 aromatic heterocycles. The average molecular weight is 303 g/mol. The second-order valence-corrected chi connectivity index (χ2v) is 6.49. The van der Waals surface area contributed by atoms with E-state index in [1.54, 1.807) is 12.1 Å². The lowest BCUT2D eigenvalue weighted by Gasteiger charge is -2.04. The van der Waals surface area contributed by atoms with Crippen LogP contribution in [-0.2, 0) is 10.8 Å². The molecule has 1 unspecified atom stereocenters. The third kappa shape index (κ3) is 4.58. The maximum atomic E-state index is 11.7. The number of carbonyl (C=O) groups excluding carboxylic acids is 1. The van der Waals surface area contributed by atoms with Gasteiger partial charge in [-0.15, -0.1) is 0 Å². The summed E-state index contributed by atoms with van der Waals surface area (Å²) in [6.07, 6.45) is 0. The van der Waals surface area contributed by atoms with Gasteiger partial charge in [0.2, 0.25) is 0 Å². The summed E-state index contributed by atoms with van der Waals surface area (Å²) < 4.78 is 12.5. The Balaban J connectivity index is 2.59. The smallest absolute Gasteiger partial charge is 0.175 e. The minimum atomic E-state index is -1.05. The zero-order valence-corrected chi connectivity index (χ0v) is 11.8. The van der Waals surface area contributed by atoms with E-state index in [-0.39, 0.29) is 11.5 Å². The van der Waals surface area contributed by atoms with E-state index >= 15 is 0 Å². The lowest BCUT2D eigenvalue weighted by atomic mass is 10.2. The fourth-order valence-electron chi connectivity index (χ4n) is 1.30. The van der Waals surface area contributed by atoms with E-state index in [1.165, 1.54) is 0 Å². The van der Waals surface area contributed by atoms with Crippen LogP contribution in [0.3, 0.4) is 0 Å². The van der Waals surface area contributed by atoms with Crippen LogP contribution >= 0.6 is 15.9 Å². The maximum Gasteiger partial charge on any atom is 0.175 e. The molecule has 2 nitrogen and oxygen atoms in total. The van der Waals surface area contributed by atoms with Gasteiger partial charge in [0, 0.05) is 26.6 Å². The van der Waals surface area contributed by atoms with Gasteiger partial charge in [0.1, 0.15) is 0 Å². The summed E-state index contributed by atoms with van der Waals surface area (Å²) >= 11 is 3.31. The lowest BCUT2D eigenvalue weighted by Crippen LogP contribution is -2.15. The van der Waals surface area contributed by atoms with Crippen molar-refractivity contribution >= 4 is 32.5 Å². The first-order valence-electron chi connectivity index (χ1n) is 5.12. The number of rotatable bonds is 5. The monoisotopic (exact) mass is 302 g/mol. The van der Waals surface area contributed by atoms with E-state index < -0.39 is 10.8 Å². The van der Waals surface area contributed by atoms with Gasteiger partial charge in [-0.05, 0) is 18.1 Å². The molecule has 0 aliphatic rings. The van der Waals surface area contributed by atoms with Gasteiger partial charge in [-0.3, -0.25) is 9.00 Å². The van der Waals surface area contributed by atoms with Gasteiger partial charge >= 0.3 is 0 Å². The minimum Gasteiger partial charge on any atom is -0.293 e. The van der Waals surface area contributed by atoms with E-state index in [0.717, 1.165) is 4.47 Å². The first kappa shape index (κ1) is 13.6. The second kappa shape index (κ2) is 6.30. The molecule has 0 radical (unpaired) electrons. The fraction of sp³-hybridized carbons (Fsp3) is 0.417. The number of benzene rings is 1. The Hall–Kier alpha value is -0.480. The number of carbonyl (C=O) groups is 1. The first-order valence-corrected chi connectivity index (χ1v) is 7.41. The predicted octanol–water partition coefficient (Wildman–Crippen LogP) is 3.04. The highest BCUT2D eigenvalue weighted by molar-refractivity contribution is 9.10. The second-order valence-electron chi connectivity index (χ2n) is 4.07. The lowest BCUT2D eigenvalue weighted by molar-refractivity contribution is 0.102. The molecular formula is C12H15BrO2S. The SMILES string of the molecule is CC(C)CS(=O)CC(=O)c1ccc(Br)cc1. The van der Waals surface area contributed by atoms with Crippen molar-refractivity contribution in [2.24, 2.45) is 5.92 Å². The van der Waals surface area contributed by atoms with Crippen LogP contribution < -0.4 is 0 Å². The molecule has 0 heterocycles. The van der Waals surface area contributed by atoms with Crippen LogP contribution in [0.25, 0.3) is 0 Å². The molecule has 0 spiro atoms. The first-order chi connectivity index (χ1) is 7.49. The Kier molecular flexibility index (Phi) is 5.35. The van der Waals surface area contributed by atoms with E-state index in [0.29, 0.717) is 17.2 Å². The molecule has 0 saturated heterocycles. The zero-order chi connectivity index (χ0) is 12.1. The highest BCUT2D eigenvalue weighted by Crippen LogP contribution is 2.11. The van der Waals surface area contributed by atoms with Crippen molar-refractivity contribution in [2.45, 2.75) is 13.8 Å². The fourth-order valence-corrected chi connectivity index (χ4v) is 2.88. The third-order valence-corrected chi connectivity index (χ3v) is 4.13. The van der Waals surface area contributed by atoms with Crippen LogP contribution in [-0.4, -0.2) is 21.5 Å². The molecule has 1 rings (SSSR count). The van der Waals surface area contributed by atoms with Crippen LogP contribution in [0.15, 0.2) is 28.7 Å². The van der Waals surface area contributed by atoms with E-state index in [1.807, 2.05) is 26.0 Å². The summed E-state index contributed by atoms with van der Waals surface area (Å²) in [7, 11) is -1.05. The average Bonchev–Trinajstić information content (AvgIpc) is 2.16. The van der Waals surface area contributed by atoms with Gasteiger partial charge in [0.25, 0.3) is 0 Å². The van der Waals surface area contributed by atoms with Crippen LogP contribution in [0.2, 0.25) is 0 Å². The normalized spacial score (nSPS) is 12.8. The molecule has 1 aromatic carbocycles. The molecule has 0 amide bonds. The molecular weight excluding hydrogens is 288 g/mol. The van der Waals surface area contributed by atoms with Crippen molar-refractivity contribution in [1.82, 2.24) is 0 Å². The highest BCUT2D eigenvalue weighted by atomic mass is 79.9. The summed E-state index contributed by atoms with van der Waals surface area (Å²) in [5, 5.41) is 0. The Morgan fingerprint density at radius 1 is 1.31 bits per heavy atom. The third-order valence-electron chi connectivity index (χ3n) is 1.98. The molecule has 16 heavy (non-hydrogen) atoms. The predicted molar refractivity (Wildman–Crippen MR) is 71.2 cm³/mol. The molecule has 88 valence electrons. The molecule has 1 aromatic rings. The van der Waals surface area contributed by atoms with E-state index in [9.17, 15) is 9.00 Å². The van der Waals surface area contributed by atoms with Gasteiger partial charge in [-0.1, -0.05) is 41.9 Å². The summed E-state index contributed by atoms with van der Waals surface area (Å²) in [4.78, 5) is 11.7. The zero-order valence-electron chi connectivity index (χ0n) is 9.40. The highest BCUT2D eigenvalue weighted by Gasteiger charge is 2.11. The van der Waals surface area contributed by atoms with Crippen molar-refractivity contribution in [2.75, 3.05) is 11.5 Å². The number of ketones is 1. The van der Waals surface area contributed by atoms with Crippen molar-refractivity contribution in [1.29, 1.82) is 0 Å². The summed E-state index contributed by atoms with van der Waals surface area (Å²) in [5.41, 5.74) is 0.625. The largest absolute Gasteiger partial charge is 0.293 e. The number of hydrogen-bond donors (Lipinski definition) is 0. The topological polar surface area (TPSA) is 34.1 Å². The van der Waals surface area contributed by atoms with Crippen molar-refractivity contribution in [3.05, 3.63) is 34.3 Å². The van der Waals surface area contributed by atoms with Gasteiger partial charge < -0.3 is 0 Å². The number of Topliss-reactive ketones (excluding diaryl/α,β-unsaturated/α-hetero) is 1. The van der Waals surface area contributed by atoms with Crippen molar-refractivity contribution in [3.63, 3.8) is 0 Å². The summed E-state index contributed by atoms with van der Waals surface area (Å²) in [6, 6.07) is 7.13. The Morgan fingerprint density at radius 3 is 2.38 bits per heavy atom. The van der Waals surface area contributed by atoms with E-state index in [2.05, 4.69) is 15.9 Å². The molecule has 0 N–H and O–H groups in total. The van der Waals surface area contributed by atoms with Crippen molar-refractivity contribution in [3.8, 4) is 0 Å². The number of hydrogen-bond acceptors (Lipinski definition) is 2. The molecule has 0 bridgehead atoms. The Morgan fingerprint density at radius 2 is 1.88 bits per heavy atom. The summed E-state index contributed by atoms with van der Waals surface area (Å²) in [5.74, 6) is 1.02. The molecule has 0 saturated carbocycles.